The maximum absolute atomic E-state index is 13.9. The Kier molecular flexibility index (Phi) is 8.78. The first-order valence-electron chi connectivity index (χ1n) is 10.1. The first-order valence-corrected chi connectivity index (χ1v) is 10.9. The molecule has 1 saturated heterocycles. The third kappa shape index (κ3) is 6.51. The summed E-state index contributed by atoms with van der Waals surface area (Å²) in [6.45, 7) is 2.56. The number of rotatable bonds is 7. The number of pyridine rings is 1. The van der Waals surface area contributed by atoms with Gasteiger partial charge in [-0.2, -0.15) is 8.78 Å². The van der Waals surface area contributed by atoms with Gasteiger partial charge in [0.15, 0.2) is 0 Å². The van der Waals surface area contributed by atoms with Crippen molar-refractivity contribution in [3.05, 3.63) is 52.3 Å². The van der Waals surface area contributed by atoms with Gasteiger partial charge in [-0.1, -0.05) is 0 Å². The van der Waals surface area contributed by atoms with Crippen LogP contribution in [0.3, 0.4) is 0 Å². The number of nitrogens with zero attached hydrogens (tertiary/aromatic N) is 4. The van der Waals surface area contributed by atoms with Crippen molar-refractivity contribution >= 4 is 33.7 Å². The number of alkyl halides is 2. The fourth-order valence-corrected chi connectivity index (χ4v) is 3.38. The molecular weight excluding hydrogens is 505 g/mol. The van der Waals surface area contributed by atoms with Crippen molar-refractivity contribution in [2.75, 3.05) is 30.4 Å². The molecule has 0 bridgehead atoms. The zero-order chi connectivity index (χ0) is 23.8. The summed E-state index contributed by atoms with van der Waals surface area (Å²) in [7, 11) is 1.65. The molecule has 12 heteroatoms. The van der Waals surface area contributed by atoms with E-state index in [0.717, 1.165) is 0 Å². The van der Waals surface area contributed by atoms with E-state index in [1.807, 2.05) is 0 Å². The van der Waals surface area contributed by atoms with E-state index in [0.29, 0.717) is 29.0 Å². The van der Waals surface area contributed by atoms with E-state index >= 15 is 0 Å². The molecule has 33 heavy (non-hydrogen) atoms. The molecule has 1 aliphatic heterocycles. The Hall–Kier alpha value is -2.99. The van der Waals surface area contributed by atoms with Crippen LogP contribution in [0.4, 0.5) is 24.5 Å². The van der Waals surface area contributed by atoms with E-state index in [1.165, 1.54) is 49.2 Å². The molecule has 4 rings (SSSR count). The minimum atomic E-state index is -2.86. The lowest BCUT2D eigenvalue weighted by Crippen LogP contribution is -2.22. The minimum Gasteiger partial charge on any atom is -0.415 e. The lowest BCUT2D eigenvalue weighted by Gasteiger charge is -2.21. The van der Waals surface area contributed by atoms with E-state index in [2.05, 4.69) is 41.7 Å². The highest BCUT2D eigenvalue weighted by Crippen LogP contribution is 2.32. The highest BCUT2D eigenvalue weighted by Gasteiger charge is 2.18. The quantitative estimate of drug-likeness (QED) is 0.436. The maximum atomic E-state index is 13.9. The normalized spacial score (nSPS) is 12.9. The van der Waals surface area contributed by atoms with E-state index in [-0.39, 0.29) is 16.9 Å². The highest BCUT2D eigenvalue weighted by molar-refractivity contribution is 9.10. The molecule has 0 radical (unpaired) electrons. The third-order valence-electron chi connectivity index (χ3n) is 4.73. The predicted octanol–water partition coefficient (Wildman–Crippen LogP) is 4.55. The summed E-state index contributed by atoms with van der Waals surface area (Å²) in [5.74, 6) is -1.38. The summed E-state index contributed by atoms with van der Waals surface area (Å²) in [5, 5.41) is 12.9. The molecule has 176 valence electrons. The number of carbonyl (C=O) groups excluding carboxylic acids is 1. The molecule has 1 aromatic carbocycles. The van der Waals surface area contributed by atoms with Crippen molar-refractivity contribution in [1.82, 2.24) is 20.5 Å². The van der Waals surface area contributed by atoms with E-state index < -0.39 is 18.1 Å². The van der Waals surface area contributed by atoms with Crippen LogP contribution >= 0.6 is 15.9 Å². The summed E-state index contributed by atoms with van der Waals surface area (Å²) < 4.78 is 44.1. The summed E-state index contributed by atoms with van der Waals surface area (Å²) in [4.78, 5) is 17.0. The van der Waals surface area contributed by atoms with E-state index in [9.17, 15) is 18.0 Å². The number of aromatic nitrogens is 3. The summed E-state index contributed by atoms with van der Waals surface area (Å²) in [6, 6.07) is 5.87. The lowest BCUT2D eigenvalue weighted by molar-refractivity contribution is -0.107. The van der Waals surface area contributed by atoms with Crippen molar-refractivity contribution in [3.8, 4) is 11.5 Å². The average Bonchev–Trinajstić information content (AvgIpc) is 3.55. The first kappa shape index (κ1) is 24.6. The van der Waals surface area contributed by atoms with Crippen molar-refractivity contribution in [2.24, 2.45) is 0 Å². The molecule has 0 unspecified atom stereocenters. The Labute approximate surface area is 196 Å². The van der Waals surface area contributed by atoms with Gasteiger partial charge in [-0.05, 0) is 60.1 Å². The molecule has 2 N–H and O–H groups in total. The topological polar surface area (TPSA) is 96.2 Å². The number of halogens is 4. The van der Waals surface area contributed by atoms with Crippen LogP contribution in [-0.4, -0.2) is 41.7 Å². The number of carbonyl (C=O) groups is 1. The molecule has 0 saturated carbocycles. The van der Waals surface area contributed by atoms with Crippen molar-refractivity contribution in [2.45, 2.75) is 25.8 Å². The van der Waals surface area contributed by atoms with Gasteiger partial charge in [-0.15, -0.1) is 10.2 Å². The number of hydrogen-bond donors (Lipinski definition) is 2. The van der Waals surface area contributed by atoms with Crippen LogP contribution in [0.25, 0.3) is 11.5 Å². The van der Waals surface area contributed by atoms with Gasteiger partial charge >= 0.3 is 6.43 Å². The molecule has 1 amide bonds. The van der Waals surface area contributed by atoms with Gasteiger partial charge in [0.1, 0.15) is 5.82 Å². The van der Waals surface area contributed by atoms with Crippen LogP contribution in [-0.2, 0) is 11.3 Å². The fraction of sp³-hybridized carbons (Fsp3) is 0.333. The Bertz CT molecular complexity index is 1050. The lowest BCUT2D eigenvalue weighted by atomic mass is 10.2. The monoisotopic (exact) mass is 526 g/mol. The molecular formula is C21H22BrF3N6O2. The summed E-state index contributed by atoms with van der Waals surface area (Å²) in [6.07, 6.45) is 1.84. The molecule has 0 atom stereocenters. The van der Waals surface area contributed by atoms with E-state index in [1.54, 1.807) is 19.2 Å². The Morgan fingerprint density at radius 1 is 1.27 bits per heavy atom. The third-order valence-corrected chi connectivity index (χ3v) is 5.34. The number of nitrogens with one attached hydrogen (secondary N) is 2. The van der Waals surface area contributed by atoms with Crippen molar-refractivity contribution < 1.29 is 22.4 Å². The van der Waals surface area contributed by atoms with Crippen LogP contribution < -0.4 is 15.5 Å². The van der Waals surface area contributed by atoms with E-state index in [4.69, 9.17) is 4.42 Å². The Morgan fingerprint density at radius 2 is 2.03 bits per heavy atom. The molecule has 1 aliphatic rings. The summed E-state index contributed by atoms with van der Waals surface area (Å²) >= 11 is 3.10. The highest BCUT2D eigenvalue weighted by atomic mass is 79.9. The van der Waals surface area contributed by atoms with Crippen molar-refractivity contribution in [3.63, 3.8) is 0 Å². The number of amides is 1. The molecule has 8 nitrogen and oxygen atoms in total. The van der Waals surface area contributed by atoms with Gasteiger partial charge in [0, 0.05) is 19.3 Å². The molecule has 3 heterocycles. The first-order chi connectivity index (χ1) is 15.9. The van der Waals surface area contributed by atoms with Crippen LogP contribution in [0.5, 0.6) is 0 Å². The van der Waals surface area contributed by atoms with Crippen molar-refractivity contribution in [1.29, 1.82) is 0 Å². The van der Waals surface area contributed by atoms with Crippen LogP contribution in [0.1, 0.15) is 30.9 Å². The Balaban J connectivity index is 0.000000541. The zero-order valence-electron chi connectivity index (χ0n) is 17.7. The second kappa shape index (κ2) is 11.8. The molecule has 3 aromatic rings. The van der Waals surface area contributed by atoms with Gasteiger partial charge < -0.3 is 20.0 Å². The predicted molar refractivity (Wildman–Crippen MR) is 120 cm³/mol. The maximum Gasteiger partial charge on any atom is 0.314 e. The summed E-state index contributed by atoms with van der Waals surface area (Å²) in [5.41, 5.74) is 1.71. The second-order valence-electron chi connectivity index (χ2n) is 7.01. The minimum absolute atomic E-state index is 0.0612. The molecule has 0 aliphatic carbocycles. The van der Waals surface area contributed by atoms with Crippen LogP contribution in [0.15, 0.2) is 39.4 Å². The number of hydrogen-bond acceptors (Lipinski definition) is 7. The van der Waals surface area contributed by atoms with Gasteiger partial charge in [0.2, 0.25) is 12.3 Å². The van der Waals surface area contributed by atoms with Gasteiger partial charge in [-0.25, -0.2) is 4.39 Å². The second-order valence-corrected chi connectivity index (χ2v) is 7.86. The Morgan fingerprint density at radius 3 is 2.55 bits per heavy atom. The SMILES string of the molecule is C1CCNC1.CNc1cc(Br)c(F)cc1N(C=O)Cc1ccc(-c2nnc(C(F)F)o2)cn1. The fourth-order valence-electron chi connectivity index (χ4n) is 3.04. The molecule has 2 aromatic heterocycles. The number of benzene rings is 1. The number of anilines is 2. The van der Waals surface area contributed by atoms with Crippen LogP contribution in [0, 0.1) is 5.82 Å². The molecule has 1 fully saturated rings. The molecule has 0 spiro atoms. The zero-order valence-corrected chi connectivity index (χ0v) is 19.3. The smallest absolute Gasteiger partial charge is 0.314 e. The standard InChI is InChI=1S/C17H13BrF3N5O2.C4H9N/c1-22-13-4-11(18)12(19)5-14(13)26(8-27)7-10-3-2-9(6-23-10)16-24-25-17(28-16)15(20)21;1-2-4-5-3-1/h2-6,8,15,22H,7H2,1H3;5H,1-4H2. The average molecular weight is 527 g/mol. The largest absolute Gasteiger partial charge is 0.415 e. The van der Waals surface area contributed by atoms with Gasteiger partial charge in [0.25, 0.3) is 5.89 Å². The van der Waals surface area contributed by atoms with Gasteiger partial charge in [0.05, 0.1) is 33.6 Å². The van der Waals surface area contributed by atoms with Crippen LogP contribution in [0.2, 0.25) is 0 Å². The van der Waals surface area contributed by atoms with Gasteiger partial charge in [-0.3, -0.25) is 9.78 Å².